The van der Waals surface area contributed by atoms with Gasteiger partial charge in [-0.25, -0.2) is 13.9 Å². The molecule has 0 unspecified atom stereocenters. The Labute approximate surface area is 203 Å². The summed E-state index contributed by atoms with van der Waals surface area (Å²) in [6.45, 7) is 15.4. The lowest BCUT2D eigenvalue weighted by Crippen LogP contribution is -2.37. The number of hydrogen-bond acceptors (Lipinski definition) is 6. The van der Waals surface area contributed by atoms with E-state index < -0.39 is 15.9 Å². The predicted molar refractivity (Wildman–Crippen MR) is 134 cm³/mol. The summed E-state index contributed by atoms with van der Waals surface area (Å²) in [5, 5.41) is 8.72. The van der Waals surface area contributed by atoms with Crippen molar-refractivity contribution < 1.29 is 23.2 Å². The summed E-state index contributed by atoms with van der Waals surface area (Å²) < 4.78 is 32.1. The highest BCUT2D eigenvalue weighted by molar-refractivity contribution is 7.93. The molecule has 2 N–H and O–H groups in total. The fraction of sp³-hybridized carbons (Fsp3) is 0.400. The van der Waals surface area contributed by atoms with Gasteiger partial charge in [0.1, 0.15) is 0 Å². The van der Waals surface area contributed by atoms with Crippen molar-refractivity contribution in [2.24, 2.45) is 0 Å². The maximum Gasteiger partial charge on any atom is 0.270 e. The number of allylic oxidation sites excluding steroid dienone is 6. The van der Waals surface area contributed by atoms with Crippen LogP contribution in [0, 0.1) is 0 Å². The Morgan fingerprint density at radius 2 is 2.00 bits per heavy atom. The monoisotopic (exact) mass is 489 g/mol. The maximum atomic E-state index is 12.9. The number of methoxy groups -OCH3 is 1. The van der Waals surface area contributed by atoms with E-state index in [0.29, 0.717) is 12.2 Å². The molecular formula is C25H35N3O5S. The van der Waals surface area contributed by atoms with E-state index in [1.165, 1.54) is 27.6 Å². The zero-order valence-corrected chi connectivity index (χ0v) is 21.0. The summed E-state index contributed by atoms with van der Waals surface area (Å²) in [5.74, 6) is -0.619. The third-order valence-corrected chi connectivity index (χ3v) is 7.68. The summed E-state index contributed by atoms with van der Waals surface area (Å²) in [7, 11) is -2.08. The number of amides is 1. The first kappa shape index (κ1) is 27.7. The Morgan fingerprint density at radius 3 is 2.59 bits per heavy atom. The Hall–Kier alpha value is -2.56. The van der Waals surface area contributed by atoms with Gasteiger partial charge in [0, 0.05) is 45.4 Å². The minimum absolute atomic E-state index is 0.0414. The minimum atomic E-state index is -3.78. The number of hydrogen-bond donors (Lipinski definition) is 2. The smallest absolute Gasteiger partial charge is 0.270 e. The number of carbonyl (C=O) groups excluding carboxylic acids is 1. The molecule has 8 nitrogen and oxygen atoms in total. The number of nitrogens with one attached hydrogen (secondary N) is 1. The molecule has 2 rings (SSSR count). The molecule has 2 aliphatic heterocycles. The van der Waals surface area contributed by atoms with Gasteiger partial charge < -0.3 is 4.74 Å². The van der Waals surface area contributed by atoms with Crippen molar-refractivity contribution in [2.45, 2.75) is 20.3 Å². The van der Waals surface area contributed by atoms with Crippen LogP contribution >= 0.6 is 0 Å². The predicted octanol–water partition coefficient (Wildman–Crippen LogP) is 2.86. The van der Waals surface area contributed by atoms with E-state index >= 15 is 0 Å². The zero-order chi connectivity index (χ0) is 25.3. The standard InChI is InChI=1S/C25H35N3O5S/c1-6-22(19(2)7-9-24-18-27(15-16-33-5)17-20(24)3)10-8-21(4)34(31,32)28-13-11-23(12-14-28)25(29)26-30/h6-11,30H,2,4,12-18H2,1,3,5H3,(H,26,29)/b9-7-,10-8-,22-6+. The van der Waals surface area contributed by atoms with Gasteiger partial charge in [-0.1, -0.05) is 49.1 Å². The van der Waals surface area contributed by atoms with Crippen molar-refractivity contribution in [1.82, 2.24) is 14.7 Å². The molecule has 0 spiro atoms. The molecule has 0 aromatic carbocycles. The maximum absolute atomic E-state index is 12.9. The number of rotatable bonds is 11. The van der Waals surface area contributed by atoms with E-state index in [-0.39, 0.29) is 24.4 Å². The van der Waals surface area contributed by atoms with Crippen LogP contribution in [0.3, 0.4) is 0 Å². The Kier molecular flexibility index (Phi) is 10.4. The lowest BCUT2D eigenvalue weighted by molar-refractivity contribution is -0.125. The second-order valence-corrected chi connectivity index (χ2v) is 10.2. The average Bonchev–Trinajstić information content (AvgIpc) is 3.20. The van der Waals surface area contributed by atoms with Crippen molar-refractivity contribution in [3.8, 4) is 0 Å². The van der Waals surface area contributed by atoms with E-state index in [1.54, 1.807) is 18.7 Å². The Morgan fingerprint density at radius 1 is 1.26 bits per heavy atom. The fourth-order valence-electron chi connectivity index (χ4n) is 3.71. The second-order valence-electron chi connectivity index (χ2n) is 8.19. The fourth-order valence-corrected chi connectivity index (χ4v) is 4.88. The molecule has 0 bridgehead atoms. The first-order valence-electron chi connectivity index (χ1n) is 11.1. The van der Waals surface area contributed by atoms with Crippen molar-refractivity contribution >= 4 is 15.9 Å². The molecule has 0 aromatic rings. The van der Waals surface area contributed by atoms with Gasteiger partial charge in [0.05, 0.1) is 11.5 Å². The van der Waals surface area contributed by atoms with Crippen molar-refractivity contribution in [3.05, 3.63) is 82.4 Å². The van der Waals surface area contributed by atoms with Crippen LogP contribution in [0.4, 0.5) is 0 Å². The number of hydroxylamine groups is 1. The topological polar surface area (TPSA) is 99.2 Å². The van der Waals surface area contributed by atoms with Gasteiger partial charge >= 0.3 is 0 Å². The van der Waals surface area contributed by atoms with Crippen LogP contribution in [0.1, 0.15) is 20.3 Å². The van der Waals surface area contributed by atoms with Crippen LogP contribution in [0.2, 0.25) is 0 Å². The first-order chi connectivity index (χ1) is 16.1. The molecule has 0 aromatic heterocycles. The second kappa shape index (κ2) is 12.8. The highest BCUT2D eigenvalue weighted by Crippen LogP contribution is 2.22. The largest absolute Gasteiger partial charge is 0.383 e. The van der Waals surface area contributed by atoms with E-state index in [1.807, 2.05) is 19.1 Å². The third kappa shape index (κ3) is 7.22. The number of carbonyl (C=O) groups is 1. The summed E-state index contributed by atoms with van der Waals surface area (Å²) in [6.07, 6.45) is 10.7. The van der Waals surface area contributed by atoms with Gasteiger partial charge in [-0.05, 0) is 43.1 Å². The lowest BCUT2D eigenvalue weighted by Gasteiger charge is -2.25. The van der Waals surface area contributed by atoms with Gasteiger partial charge in [-0.2, -0.15) is 4.31 Å². The van der Waals surface area contributed by atoms with Crippen LogP contribution in [-0.4, -0.2) is 75.2 Å². The molecule has 2 heterocycles. The average molecular weight is 490 g/mol. The summed E-state index contributed by atoms with van der Waals surface area (Å²) >= 11 is 0. The van der Waals surface area contributed by atoms with Gasteiger partial charge in [0.25, 0.3) is 5.91 Å². The molecule has 0 fully saturated rings. The molecule has 2 aliphatic rings. The third-order valence-electron chi connectivity index (χ3n) is 5.87. The van der Waals surface area contributed by atoms with E-state index in [0.717, 1.165) is 30.8 Å². The SMILES string of the molecule is C=C(/C=C\C1=C(C)CN(CCOC)C1)C(/C=C\C(=C)S(=O)(=O)N1CC=C(C(=O)NO)CC1)=C/C. The molecule has 9 heteroatoms. The normalized spacial score (nSPS) is 18.7. The lowest BCUT2D eigenvalue weighted by atomic mass is 10.0. The molecule has 34 heavy (non-hydrogen) atoms. The Bertz CT molecular complexity index is 1060. The highest BCUT2D eigenvalue weighted by atomic mass is 32.2. The molecule has 0 saturated heterocycles. The van der Waals surface area contributed by atoms with Gasteiger partial charge in [-0.3, -0.25) is 14.9 Å². The van der Waals surface area contributed by atoms with Crippen molar-refractivity contribution in [1.29, 1.82) is 0 Å². The minimum Gasteiger partial charge on any atom is -0.383 e. The van der Waals surface area contributed by atoms with E-state index in [9.17, 15) is 13.2 Å². The van der Waals surface area contributed by atoms with Crippen LogP contribution in [0.25, 0.3) is 0 Å². The van der Waals surface area contributed by atoms with E-state index in [4.69, 9.17) is 9.94 Å². The number of sulfonamides is 1. The van der Waals surface area contributed by atoms with Crippen molar-refractivity contribution in [2.75, 3.05) is 46.4 Å². The number of ether oxygens (including phenoxy) is 1. The summed E-state index contributed by atoms with van der Waals surface area (Å²) in [5.41, 5.74) is 6.03. The van der Waals surface area contributed by atoms with Crippen molar-refractivity contribution in [3.63, 3.8) is 0 Å². The van der Waals surface area contributed by atoms with Crippen LogP contribution in [-0.2, 0) is 19.6 Å². The van der Waals surface area contributed by atoms with E-state index in [2.05, 4.69) is 31.1 Å². The molecule has 0 radical (unpaired) electrons. The molecule has 186 valence electrons. The summed E-state index contributed by atoms with van der Waals surface area (Å²) in [6, 6.07) is 0. The Balaban J connectivity index is 2.00. The molecule has 1 amide bonds. The molecule has 0 atom stereocenters. The van der Waals surface area contributed by atoms with Gasteiger partial charge in [0.15, 0.2) is 0 Å². The summed E-state index contributed by atoms with van der Waals surface area (Å²) in [4.78, 5) is 13.8. The highest BCUT2D eigenvalue weighted by Gasteiger charge is 2.27. The molecule has 0 aliphatic carbocycles. The molecule has 0 saturated carbocycles. The van der Waals surface area contributed by atoms with Gasteiger partial charge in [0.2, 0.25) is 10.0 Å². The number of nitrogens with zero attached hydrogens (tertiary/aromatic N) is 2. The van der Waals surface area contributed by atoms with Gasteiger partial charge in [-0.15, -0.1) is 0 Å². The zero-order valence-electron chi connectivity index (χ0n) is 20.2. The first-order valence-corrected chi connectivity index (χ1v) is 12.5. The molecular weight excluding hydrogens is 454 g/mol. The van der Waals surface area contributed by atoms with Crippen LogP contribution < -0.4 is 5.48 Å². The van der Waals surface area contributed by atoms with Crippen LogP contribution in [0.5, 0.6) is 0 Å². The quantitative estimate of drug-likeness (QED) is 0.263. The van der Waals surface area contributed by atoms with Crippen LogP contribution in [0.15, 0.2) is 82.4 Å².